The minimum Gasteiger partial charge on any atom is -0.506 e. The van der Waals surface area contributed by atoms with Gasteiger partial charge >= 0.3 is 0 Å². The lowest BCUT2D eigenvalue weighted by molar-refractivity contribution is 0.394. The van der Waals surface area contributed by atoms with Crippen LogP contribution in [0.25, 0.3) is 11.3 Å². The zero-order valence-corrected chi connectivity index (χ0v) is 10.6. The number of benzene rings is 1. The molecule has 4 nitrogen and oxygen atoms in total. The van der Waals surface area contributed by atoms with Gasteiger partial charge < -0.3 is 14.6 Å². The number of pyridine rings is 1. The zero-order chi connectivity index (χ0) is 13.1. The standard InChI is InChI=1S/C14H15NO3/c1-9-14(16)5-4-13(15-9)10-6-11(17-2)8-12(7-10)18-3/h4-8,16H,1-3H3. The van der Waals surface area contributed by atoms with Crippen molar-refractivity contribution in [3.05, 3.63) is 36.0 Å². The van der Waals surface area contributed by atoms with Crippen LogP contribution in [0.15, 0.2) is 30.3 Å². The molecule has 0 amide bonds. The summed E-state index contributed by atoms with van der Waals surface area (Å²) in [6.45, 7) is 1.76. The lowest BCUT2D eigenvalue weighted by atomic mass is 10.1. The molecule has 1 aromatic carbocycles. The number of nitrogens with zero attached hydrogens (tertiary/aromatic N) is 1. The van der Waals surface area contributed by atoms with E-state index in [-0.39, 0.29) is 5.75 Å². The van der Waals surface area contributed by atoms with Crippen LogP contribution in [-0.4, -0.2) is 24.3 Å². The summed E-state index contributed by atoms with van der Waals surface area (Å²) in [6.07, 6.45) is 0. The average molecular weight is 245 g/mol. The molecule has 0 bridgehead atoms. The van der Waals surface area contributed by atoms with Gasteiger partial charge in [0.25, 0.3) is 0 Å². The molecule has 18 heavy (non-hydrogen) atoms. The van der Waals surface area contributed by atoms with E-state index in [2.05, 4.69) is 4.98 Å². The number of aryl methyl sites for hydroxylation is 1. The number of rotatable bonds is 3. The molecule has 0 fully saturated rings. The van der Waals surface area contributed by atoms with Crippen molar-refractivity contribution in [1.82, 2.24) is 4.98 Å². The van der Waals surface area contributed by atoms with Crippen LogP contribution in [0.5, 0.6) is 17.2 Å². The maximum Gasteiger partial charge on any atom is 0.136 e. The largest absolute Gasteiger partial charge is 0.506 e. The minimum atomic E-state index is 0.189. The van der Waals surface area contributed by atoms with Crippen molar-refractivity contribution in [1.29, 1.82) is 0 Å². The molecule has 1 heterocycles. The number of ether oxygens (including phenoxy) is 2. The van der Waals surface area contributed by atoms with Gasteiger partial charge in [0, 0.05) is 11.6 Å². The Morgan fingerprint density at radius 1 is 1.00 bits per heavy atom. The summed E-state index contributed by atoms with van der Waals surface area (Å²) in [4.78, 5) is 4.33. The van der Waals surface area contributed by atoms with Gasteiger partial charge in [0.1, 0.15) is 17.2 Å². The van der Waals surface area contributed by atoms with Crippen LogP contribution in [0.2, 0.25) is 0 Å². The summed E-state index contributed by atoms with van der Waals surface area (Å²) >= 11 is 0. The molecule has 0 atom stereocenters. The van der Waals surface area contributed by atoms with Crippen molar-refractivity contribution < 1.29 is 14.6 Å². The summed E-state index contributed by atoms with van der Waals surface area (Å²) in [5.74, 6) is 1.60. The third kappa shape index (κ3) is 2.37. The number of aromatic nitrogens is 1. The van der Waals surface area contributed by atoms with E-state index in [1.807, 2.05) is 12.1 Å². The van der Waals surface area contributed by atoms with Gasteiger partial charge in [-0.2, -0.15) is 0 Å². The molecule has 0 aliphatic rings. The highest BCUT2D eigenvalue weighted by atomic mass is 16.5. The van der Waals surface area contributed by atoms with Gasteiger partial charge in [0.15, 0.2) is 0 Å². The topological polar surface area (TPSA) is 51.6 Å². The van der Waals surface area contributed by atoms with E-state index in [4.69, 9.17) is 9.47 Å². The van der Waals surface area contributed by atoms with Gasteiger partial charge in [-0.15, -0.1) is 0 Å². The van der Waals surface area contributed by atoms with E-state index in [1.165, 1.54) is 0 Å². The van der Waals surface area contributed by atoms with E-state index >= 15 is 0 Å². The van der Waals surface area contributed by atoms with Crippen LogP contribution in [-0.2, 0) is 0 Å². The maximum absolute atomic E-state index is 9.48. The SMILES string of the molecule is COc1cc(OC)cc(-c2ccc(O)c(C)n2)c1. The number of hydrogen-bond donors (Lipinski definition) is 1. The van der Waals surface area contributed by atoms with Gasteiger partial charge in [-0.05, 0) is 31.2 Å². The van der Waals surface area contributed by atoms with Gasteiger partial charge in [-0.25, -0.2) is 4.98 Å². The Labute approximate surface area is 106 Å². The quantitative estimate of drug-likeness (QED) is 0.903. The van der Waals surface area contributed by atoms with Crippen molar-refractivity contribution in [3.8, 4) is 28.5 Å². The second kappa shape index (κ2) is 4.96. The summed E-state index contributed by atoms with van der Waals surface area (Å²) < 4.78 is 10.4. The van der Waals surface area contributed by atoms with Crippen LogP contribution in [0.4, 0.5) is 0 Å². The molecule has 1 N–H and O–H groups in total. The van der Waals surface area contributed by atoms with E-state index in [0.29, 0.717) is 17.2 Å². The van der Waals surface area contributed by atoms with Crippen LogP contribution >= 0.6 is 0 Å². The first-order chi connectivity index (χ1) is 8.63. The Bertz CT molecular complexity index is 545. The fraction of sp³-hybridized carbons (Fsp3) is 0.214. The fourth-order valence-corrected chi connectivity index (χ4v) is 1.67. The second-order valence-electron chi connectivity index (χ2n) is 3.90. The Hall–Kier alpha value is -2.23. The van der Waals surface area contributed by atoms with Gasteiger partial charge in [0.05, 0.1) is 25.6 Å². The molecule has 94 valence electrons. The van der Waals surface area contributed by atoms with E-state index in [1.54, 1.807) is 39.3 Å². The summed E-state index contributed by atoms with van der Waals surface area (Å²) in [7, 11) is 3.21. The van der Waals surface area contributed by atoms with Crippen molar-refractivity contribution in [2.75, 3.05) is 14.2 Å². The van der Waals surface area contributed by atoms with Crippen LogP contribution in [0, 0.1) is 6.92 Å². The van der Waals surface area contributed by atoms with Crippen molar-refractivity contribution >= 4 is 0 Å². The Balaban J connectivity index is 2.51. The van der Waals surface area contributed by atoms with E-state index < -0.39 is 0 Å². The molecule has 0 saturated carbocycles. The van der Waals surface area contributed by atoms with Crippen molar-refractivity contribution in [3.63, 3.8) is 0 Å². The van der Waals surface area contributed by atoms with E-state index in [0.717, 1.165) is 11.3 Å². The lowest BCUT2D eigenvalue weighted by Gasteiger charge is -2.09. The molecule has 2 rings (SSSR count). The molecule has 0 unspecified atom stereocenters. The van der Waals surface area contributed by atoms with Gasteiger partial charge in [-0.1, -0.05) is 0 Å². The molecular weight excluding hydrogens is 230 g/mol. The highest BCUT2D eigenvalue weighted by molar-refractivity contribution is 5.64. The summed E-state index contributed by atoms with van der Waals surface area (Å²) in [5.41, 5.74) is 2.24. The molecule has 0 saturated heterocycles. The van der Waals surface area contributed by atoms with E-state index in [9.17, 15) is 5.11 Å². The molecule has 0 aliphatic heterocycles. The van der Waals surface area contributed by atoms with Crippen LogP contribution in [0.1, 0.15) is 5.69 Å². The Morgan fingerprint density at radius 2 is 1.61 bits per heavy atom. The summed E-state index contributed by atoms with van der Waals surface area (Å²) in [5, 5.41) is 9.48. The molecule has 0 radical (unpaired) electrons. The van der Waals surface area contributed by atoms with Gasteiger partial charge in [-0.3, -0.25) is 0 Å². The summed E-state index contributed by atoms with van der Waals surface area (Å²) in [6, 6.07) is 8.94. The van der Waals surface area contributed by atoms with Crippen molar-refractivity contribution in [2.45, 2.75) is 6.92 Å². The average Bonchev–Trinajstić information content (AvgIpc) is 2.41. The van der Waals surface area contributed by atoms with Crippen LogP contribution < -0.4 is 9.47 Å². The Morgan fingerprint density at radius 3 is 2.11 bits per heavy atom. The maximum atomic E-state index is 9.48. The molecule has 1 aromatic heterocycles. The number of hydrogen-bond acceptors (Lipinski definition) is 4. The molecule has 2 aromatic rings. The number of methoxy groups -OCH3 is 2. The van der Waals surface area contributed by atoms with Crippen molar-refractivity contribution in [2.24, 2.45) is 0 Å². The first kappa shape index (κ1) is 12.2. The first-order valence-electron chi connectivity index (χ1n) is 5.54. The van der Waals surface area contributed by atoms with Gasteiger partial charge in [0.2, 0.25) is 0 Å². The highest BCUT2D eigenvalue weighted by Gasteiger charge is 2.07. The Kier molecular flexibility index (Phi) is 3.37. The molecule has 0 spiro atoms. The predicted octanol–water partition coefficient (Wildman–Crippen LogP) is 2.78. The number of aromatic hydroxyl groups is 1. The third-order valence-corrected chi connectivity index (χ3v) is 2.71. The van der Waals surface area contributed by atoms with Crippen LogP contribution in [0.3, 0.4) is 0 Å². The molecule has 4 heteroatoms. The second-order valence-corrected chi connectivity index (χ2v) is 3.90. The third-order valence-electron chi connectivity index (χ3n) is 2.71. The normalized spacial score (nSPS) is 10.2. The molecule has 0 aliphatic carbocycles. The predicted molar refractivity (Wildman–Crippen MR) is 69.2 cm³/mol. The minimum absolute atomic E-state index is 0.189. The monoisotopic (exact) mass is 245 g/mol. The smallest absolute Gasteiger partial charge is 0.136 e. The lowest BCUT2D eigenvalue weighted by Crippen LogP contribution is -1.91. The zero-order valence-electron chi connectivity index (χ0n) is 10.6. The fourth-order valence-electron chi connectivity index (χ4n) is 1.67. The first-order valence-corrected chi connectivity index (χ1v) is 5.54. The molecular formula is C14H15NO3. The highest BCUT2D eigenvalue weighted by Crippen LogP contribution is 2.29.